The number of nitrogens with one attached hydrogen (secondary N) is 1. The topological polar surface area (TPSA) is 87.5 Å². The van der Waals surface area contributed by atoms with Gasteiger partial charge in [-0.2, -0.15) is 0 Å². The molecule has 0 radical (unpaired) electrons. The number of aliphatic hydroxyl groups excluding tert-OH is 1. The molecule has 0 aromatic heterocycles. The minimum Gasteiger partial charge on any atom is -0.465 e. The van der Waals surface area contributed by atoms with Crippen molar-refractivity contribution in [3.8, 4) is 0 Å². The number of benzene rings is 1. The van der Waals surface area contributed by atoms with Gasteiger partial charge in [0.2, 0.25) is 0 Å². The Bertz CT molecular complexity index is 494. The van der Waals surface area contributed by atoms with Gasteiger partial charge in [0, 0.05) is 12.0 Å². The van der Waals surface area contributed by atoms with Crippen LogP contribution in [0.3, 0.4) is 0 Å². The average Bonchev–Trinajstić information content (AvgIpc) is 2.43. The van der Waals surface area contributed by atoms with Crippen LogP contribution in [0.25, 0.3) is 0 Å². The minimum atomic E-state index is -0.566. The van der Waals surface area contributed by atoms with Crippen molar-refractivity contribution in [1.29, 1.82) is 5.41 Å². The summed E-state index contributed by atoms with van der Waals surface area (Å²) in [4.78, 5) is 22.9. The first-order chi connectivity index (χ1) is 8.53. The number of ketones is 1. The smallest absolute Gasteiger partial charge is 0.337 e. The Morgan fingerprint density at radius 2 is 1.89 bits per heavy atom. The summed E-state index contributed by atoms with van der Waals surface area (Å²) in [7, 11) is 1.25. The summed E-state index contributed by atoms with van der Waals surface area (Å²) in [5.74, 6) is -0.885. The van der Waals surface area contributed by atoms with Crippen LogP contribution in [0.1, 0.15) is 34.8 Å². The molecular weight excluding hydrogens is 234 g/mol. The molecule has 0 saturated carbocycles. The maximum atomic E-state index is 11.5. The average molecular weight is 249 g/mol. The third kappa shape index (κ3) is 3.01. The third-order valence-corrected chi connectivity index (χ3v) is 2.49. The molecule has 96 valence electrons. The number of carbonyl (C=O) groups excluding carboxylic acids is 2. The summed E-state index contributed by atoms with van der Waals surface area (Å²) < 4.78 is 4.58. The lowest BCUT2D eigenvalue weighted by Gasteiger charge is -2.07. The number of carbonyl (C=O) groups is 2. The predicted octanol–water partition coefficient (Wildman–Crippen LogP) is 1.31. The Morgan fingerprint density at radius 1 is 1.28 bits per heavy atom. The summed E-state index contributed by atoms with van der Waals surface area (Å²) in [6.45, 7) is 1.39. The van der Waals surface area contributed by atoms with E-state index in [0.29, 0.717) is 11.1 Å². The molecule has 0 amide bonds. The lowest BCUT2D eigenvalue weighted by atomic mass is 9.99. The first-order valence-corrected chi connectivity index (χ1v) is 5.48. The van der Waals surface area contributed by atoms with Crippen molar-refractivity contribution in [2.45, 2.75) is 20.0 Å². The van der Waals surface area contributed by atoms with Crippen molar-refractivity contribution in [3.05, 3.63) is 34.9 Å². The Balaban J connectivity index is 3.24. The first-order valence-electron chi connectivity index (χ1n) is 5.48. The Labute approximate surface area is 105 Å². The molecule has 2 N–H and O–H groups in total. The maximum absolute atomic E-state index is 11.5. The Morgan fingerprint density at radius 3 is 2.39 bits per heavy atom. The van der Waals surface area contributed by atoms with Crippen LogP contribution in [0.5, 0.6) is 0 Å². The molecule has 0 unspecified atom stereocenters. The summed E-state index contributed by atoms with van der Waals surface area (Å²) in [6, 6.07) is 4.41. The number of methoxy groups -OCH3 is 1. The van der Waals surface area contributed by atoms with Crippen molar-refractivity contribution in [2.75, 3.05) is 7.11 Å². The normalized spacial score (nSPS) is 9.94. The lowest BCUT2D eigenvalue weighted by molar-refractivity contribution is -0.112. The molecule has 5 heteroatoms. The fourth-order valence-electron chi connectivity index (χ4n) is 1.50. The number of ether oxygens (including phenoxy) is 1. The van der Waals surface area contributed by atoms with E-state index in [1.54, 1.807) is 6.92 Å². The molecule has 0 bridgehead atoms. The van der Waals surface area contributed by atoms with Crippen molar-refractivity contribution in [2.24, 2.45) is 0 Å². The van der Waals surface area contributed by atoms with E-state index >= 15 is 0 Å². The molecule has 5 nitrogen and oxygen atoms in total. The number of hydrogen-bond acceptors (Lipinski definition) is 5. The molecular formula is C13H15NO4. The fourth-order valence-corrected chi connectivity index (χ4v) is 1.50. The highest BCUT2D eigenvalue weighted by atomic mass is 16.5. The summed E-state index contributed by atoms with van der Waals surface area (Å²) in [5, 5.41) is 16.8. The quantitative estimate of drug-likeness (QED) is 0.608. The van der Waals surface area contributed by atoms with Crippen LogP contribution in [-0.2, 0) is 16.1 Å². The fraction of sp³-hybridized carbons (Fsp3) is 0.308. The second-order valence-corrected chi connectivity index (χ2v) is 3.72. The maximum Gasteiger partial charge on any atom is 0.337 e. The second-order valence-electron chi connectivity index (χ2n) is 3.72. The molecule has 1 rings (SSSR count). The molecule has 0 aliphatic rings. The van der Waals surface area contributed by atoms with E-state index in [1.165, 1.54) is 25.3 Å². The van der Waals surface area contributed by atoms with E-state index in [-0.39, 0.29) is 30.1 Å². The standard InChI is InChI=1S/C13H15NO4/c1-3-11(16)12(14)9-4-8(7-15)5-10(6-9)13(17)18-2/h4-6,14-15H,3,7H2,1-2H3. The van der Waals surface area contributed by atoms with Gasteiger partial charge in [-0.1, -0.05) is 6.92 Å². The van der Waals surface area contributed by atoms with Gasteiger partial charge >= 0.3 is 5.97 Å². The van der Waals surface area contributed by atoms with Crippen LogP contribution in [0.2, 0.25) is 0 Å². The van der Waals surface area contributed by atoms with Crippen molar-refractivity contribution in [1.82, 2.24) is 0 Å². The van der Waals surface area contributed by atoms with Gasteiger partial charge in [0.25, 0.3) is 0 Å². The molecule has 1 aromatic rings. The molecule has 0 spiro atoms. The number of aliphatic hydroxyl groups is 1. The van der Waals surface area contributed by atoms with Gasteiger partial charge in [-0.25, -0.2) is 4.79 Å². The highest BCUT2D eigenvalue weighted by Gasteiger charge is 2.14. The molecule has 0 atom stereocenters. The van der Waals surface area contributed by atoms with Crippen molar-refractivity contribution in [3.63, 3.8) is 0 Å². The van der Waals surface area contributed by atoms with Crippen LogP contribution < -0.4 is 0 Å². The van der Waals surface area contributed by atoms with Gasteiger partial charge in [0.1, 0.15) is 5.71 Å². The van der Waals surface area contributed by atoms with Gasteiger partial charge < -0.3 is 9.84 Å². The zero-order chi connectivity index (χ0) is 13.7. The van der Waals surface area contributed by atoms with E-state index in [1.807, 2.05) is 0 Å². The molecule has 0 fully saturated rings. The van der Waals surface area contributed by atoms with Crippen LogP contribution >= 0.6 is 0 Å². The zero-order valence-electron chi connectivity index (χ0n) is 10.3. The zero-order valence-corrected chi connectivity index (χ0v) is 10.3. The molecule has 0 saturated heterocycles. The van der Waals surface area contributed by atoms with Gasteiger partial charge in [-0.05, 0) is 23.8 Å². The Kier molecular flexibility index (Phi) is 4.74. The summed E-state index contributed by atoms with van der Waals surface area (Å²) >= 11 is 0. The van der Waals surface area contributed by atoms with E-state index < -0.39 is 5.97 Å². The van der Waals surface area contributed by atoms with Crippen LogP contribution in [0.4, 0.5) is 0 Å². The predicted molar refractivity (Wildman–Crippen MR) is 65.8 cm³/mol. The second kappa shape index (κ2) is 6.07. The first kappa shape index (κ1) is 14.1. The van der Waals surface area contributed by atoms with Crippen LogP contribution in [-0.4, -0.2) is 29.7 Å². The minimum absolute atomic E-state index is 0.169. The van der Waals surface area contributed by atoms with Crippen LogP contribution in [0.15, 0.2) is 18.2 Å². The number of hydrogen-bond donors (Lipinski definition) is 2. The van der Waals surface area contributed by atoms with Gasteiger partial charge in [0.15, 0.2) is 5.78 Å². The summed E-state index contributed by atoms with van der Waals surface area (Å²) in [5.41, 5.74) is 0.820. The number of Topliss-reactive ketones (excluding diaryl/α,β-unsaturated/α-hetero) is 1. The Hall–Kier alpha value is -2.01. The van der Waals surface area contributed by atoms with Crippen molar-refractivity contribution >= 4 is 17.5 Å². The van der Waals surface area contributed by atoms with Gasteiger partial charge in [-0.3, -0.25) is 10.2 Å². The van der Waals surface area contributed by atoms with E-state index in [2.05, 4.69) is 4.74 Å². The number of rotatable bonds is 5. The SMILES string of the molecule is CCC(=O)C(=N)c1cc(CO)cc(C(=O)OC)c1. The van der Waals surface area contributed by atoms with E-state index in [4.69, 9.17) is 10.5 Å². The number of esters is 1. The molecule has 1 aromatic carbocycles. The van der Waals surface area contributed by atoms with Crippen LogP contribution in [0, 0.1) is 5.41 Å². The molecule has 0 aliphatic carbocycles. The highest BCUT2D eigenvalue weighted by molar-refractivity contribution is 6.45. The van der Waals surface area contributed by atoms with Crippen molar-refractivity contribution < 1.29 is 19.4 Å². The monoisotopic (exact) mass is 249 g/mol. The third-order valence-electron chi connectivity index (χ3n) is 2.49. The molecule has 0 heterocycles. The summed E-state index contributed by atoms with van der Waals surface area (Å²) in [6.07, 6.45) is 0.218. The van der Waals surface area contributed by atoms with E-state index in [9.17, 15) is 9.59 Å². The largest absolute Gasteiger partial charge is 0.465 e. The van der Waals surface area contributed by atoms with E-state index in [0.717, 1.165) is 0 Å². The van der Waals surface area contributed by atoms with Gasteiger partial charge in [0.05, 0.1) is 19.3 Å². The molecule has 18 heavy (non-hydrogen) atoms. The lowest BCUT2D eigenvalue weighted by Crippen LogP contribution is -2.14. The molecule has 0 aliphatic heterocycles. The highest BCUT2D eigenvalue weighted by Crippen LogP contribution is 2.13. The van der Waals surface area contributed by atoms with Gasteiger partial charge in [-0.15, -0.1) is 0 Å².